The molecule has 0 aliphatic carbocycles. The number of carbonyl (C=O) groups is 3. The molecular formula is C12H12BrNO6. The van der Waals surface area contributed by atoms with Gasteiger partial charge in [-0.3, -0.25) is 10.1 Å². The van der Waals surface area contributed by atoms with Crippen LogP contribution in [-0.2, 0) is 14.3 Å². The van der Waals surface area contributed by atoms with Crippen LogP contribution in [0.15, 0.2) is 22.7 Å². The lowest BCUT2D eigenvalue weighted by Gasteiger charge is -2.07. The molecule has 8 heteroatoms. The lowest BCUT2D eigenvalue weighted by molar-refractivity contribution is -0.123. The second-order valence-electron chi connectivity index (χ2n) is 3.51. The minimum Gasteiger partial charge on any atom is -0.507 e. The number of alkyl carbamates (subject to hydrolysis) is 1. The van der Waals surface area contributed by atoms with Gasteiger partial charge < -0.3 is 14.6 Å². The van der Waals surface area contributed by atoms with Crippen molar-refractivity contribution in [1.29, 1.82) is 0 Å². The predicted octanol–water partition coefficient (Wildman–Crippen LogP) is 1.58. The molecule has 0 bridgehead atoms. The van der Waals surface area contributed by atoms with Gasteiger partial charge in [-0.25, -0.2) is 9.59 Å². The van der Waals surface area contributed by atoms with E-state index in [0.29, 0.717) is 4.47 Å². The molecule has 0 aliphatic rings. The fourth-order valence-electron chi connectivity index (χ4n) is 1.20. The molecule has 20 heavy (non-hydrogen) atoms. The zero-order chi connectivity index (χ0) is 15.1. The third-order valence-electron chi connectivity index (χ3n) is 2.03. The van der Waals surface area contributed by atoms with Gasteiger partial charge in [0.15, 0.2) is 6.61 Å². The molecule has 7 nitrogen and oxygen atoms in total. The average molecular weight is 346 g/mol. The highest BCUT2D eigenvalue weighted by Crippen LogP contribution is 2.22. The van der Waals surface area contributed by atoms with Crippen molar-refractivity contribution in [3.63, 3.8) is 0 Å². The number of hydrogen-bond acceptors (Lipinski definition) is 6. The SMILES string of the molecule is CCOC(=O)NC(=O)COC(=O)c1cc(Br)ccc1O. The molecule has 2 amide bonds. The summed E-state index contributed by atoms with van der Waals surface area (Å²) in [6, 6.07) is 4.19. The first-order chi connectivity index (χ1) is 9.43. The zero-order valence-corrected chi connectivity index (χ0v) is 12.1. The van der Waals surface area contributed by atoms with Crippen LogP contribution in [0.5, 0.6) is 5.75 Å². The molecule has 0 aromatic heterocycles. The molecule has 1 aromatic rings. The molecule has 0 aliphatic heterocycles. The molecule has 1 rings (SSSR count). The lowest BCUT2D eigenvalue weighted by Crippen LogP contribution is -2.34. The normalized spacial score (nSPS) is 9.70. The highest BCUT2D eigenvalue weighted by molar-refractivity contribution is 9.10. The third kappa shape index (κ3) is 4.88. The maximum atomic E-state index is 11.6. The molecular weight excluding hydrogens is 334 g/mol. The third-order valence-corrected chi connectivity index (χ3v) is 2.52. The Morgan fingerprint density at radius 2 is 2.00 bits per heavy atom. The van der Waals surface area contributed by atoms with E-state index < -0.39 is 24.6 Å². The van der Waals surface area contributed by atoms with Gasteiger partial charge >= 0.3 is 12.1 Å². The van der Waals surface area contributed by atoms with E-state index in [-0.39, 0.29) is 17.9 Å². The molecule has 2 N–H and O–H groups in total. The van der Waals surface area contributed by atoms with Crippen LogP contribution in [0.4, 0.5) is 4.79 Å². The highest BCUT2D eigenvalue weighted by atomic mass is 79.9. The standard InChI is InChI=1S/C12H12BrNO6/c1-2-19-12(18)14-10(16)6-20-11(17)8-5-7(13)3-4-9(8)15/h3-5,15H,2,6H2,1H3,(H,14,16,18). The van der Waals surface area contributed by atoms with Crippen LogP contribution < -0.4 is 5.32 Å². The Hall–Kier alpha value is -2.09. The maximum Gasteiger partial charge on any atom is 0.413 e. The van der Waals surface area contributed by atoms with Crippen LogP contribution in [0.3, 0.4) is 0 Å². The molecule has 0 radical (unpaired) electrons. The van der Waals surface area contributed by atoms with Crippen molar-refractivity contribution in [3.8, 4) is 5.75 Å². The molecule has 0 spiro atoms. The fraction of sp³-hybridized carbons (Fsp3) is 0.250. The van der Waals surface area contributed by atoms with E-state index in [9.17, 15) is 19.5 Å². The molecule has 0 fully saturated rings. The van der Waals surface area contributed by atoms with Crippen LogP contribution in [0, 0.1) is 0 Å². The topological polar surface area (TPSA) is 102 Å². The highest BCUT2D eigenvalue weighted by Gasteiger charge is 2.16. The number of esters is 1. The zero-order valence-electron chi connectivity index (χ0n) is 10.5. The van der Waals surface area contributed by atoms with Crippen molar-refractivity contribution in [3.05, 3.63) is 28.2 Å². The molecule has 0 unspecified atom stereocenters. The summed E-state index contributed by atoms with van der Waals surface area (Å²) in [5, 5.41) is 11.4. The summed E-state index contributed by atoms with van der Waals surface area (Å²) in [4.78, 5) is 33.8. The van der Waals surface area contributed by atoms with Crippen LogP contribution in [0.1, 0.15) is 17.3 Å². The Labute approximate surface area is 123 Å². The summed E-state index contributed by atoms with van der Waals surface area (Å²) in [7, 11) is 0. The van der Waals surface area contributed by atoms with E-state index in [2.05, 4.69) is 25.4 Å². The summed E-state index contributed by atoms with van der Waals surface area (Å²) >= 11 is 3.14. The quantitative estimate of drug-likeness (QED) is 0.803. The molecule has 1 aromatic carbocycles. The largest absolute Gasteiger partial charge is 0.507 e. The van der Waals surface area contributed by atoms with Gasteiger partial charge in [-0.2, -0.15) is 0 Å². The number of benzene rings is 1. The Balaban J connectivity index is 2.53. The van der Waals surface area contributed by atoms with E-state index >= 15 is 0 Å². The number of rotatable bonds is 4. The molecule has 0 saturated carbocycles. The number of halogens is 1. The van der Waals surface area contributed by atoms with Gasteiger partial charge in [0.1, 0.15) is 11.3 Å². The number of hydrogen-bond donors (Lipinski definition) is 2. The average Bonchev–Trinajstić information content (AvgIpc) is 2.39. The molecule has 108 valence electrons. The van der Waals surface area contributed by atoms with Gasteiger partial charge in [-0.05, 0) is 25.1 Å². The molecule has 0 atom stereocenters. The van der Waals surface area contributed by atoms with Crippen molar-refractivity contribution in [2.45, 2.75) is 6.92 Å². The number of nitrogens with one attached hydrogen (secondary N) is 1. The molecule has 0 heterocycles. The summed E-state index contributed by atoms with van der Waals surface area (Å²) in [6.45, 7) is 1.04. The minimum atomic E-state index is -0.918. The number of carbonyl (C=O) groups excluding carboxylic acids is 3. The van der Waals surface area contributed by atoms with Crippen molar-refractivity contribution >= 4 is 33.9 Å². The van der Waals surface area contributed by atoms with Gasteiger partial charge in [-0.15, -0.1) is 0 Å². The van der Waals surface area contributed by atoms with Crippen LogP contribution in [0.2, 0.25) is 0 Å². The number of phenols is 1. The Morgan fingerprint density at radius 3 is 2.65 bits per heavy atom. The molecule has 0 saturated heterocycles. The van der Waals surface area contributed by atoms with E-state index in [1.807, 2.05) is 5.32 Å². The summed E-state index contributed by atoms with van der Waals surface area (Å²) in [5.74, 6) is -1.99. The Morgan fingerprint density at radius 1 is 1.30 bits per heavy atom. The predicted molar refractivity (Wildman–Crippen MR) is 71.3 cm³/mol. The van der Waals surface area contributed by atoms with Gasteiger partial charge in [0.25, 0.3) is 5.91 Å². The van der Waals surface area contributed by atoms with Crippen LogP contribution in [0.25, 0.3) is 0 Å². The monoisotopic (exact) mass is 345 g/mol. The minimum absolute atomic E-state index is 0.0942. The van der Waals surface area contributed by atoms with Crippen molar-refractivity contribution in [1.82, 2.24) is 5.32 Å². The van der Waals surface area contributed by atoms with E-state index in [1.165, 1.54) is 12.1 Å². The van der Waals surface area contributed by atoms with E-state index in [0.717, 1.165) is 0 Å². The van der Waals surface area contributed by atoms with Crippen LogP contribution >= 0.6 is 15.9 Å². The Bertz CT molecular complexity index is 531. The summed E-state index contributed by atoms with van der Waals surface area (Å²) in [5.41, 5.74) is -0.0942. The number of amides is 2. The first-order valence-corrected chi connectivity index (χ1v) is 6.35. The summed E-state index contributed by atoms with van der Waals surface area (Å²) < 4.78 is 9.71. The van der Waals surface area contributed by atoms with Gasteiger partial charge in [0, 0.05) is 4.47 Å². The van der Waals surface area contributed by atoms with Gasteiger partial charge in [0.2, 0.25) is 0 Å². The van der Waals surface area contributed by atoms with Crippen molar-refractivity contribution < 1.29 is 29.0 Å². The van der Waals surface area contributed by atoms with Crippen molar-refractivity contribution in [2.24, 2.45) is 0 Å². The first-order valence-electron chi connectivity index (χ1n) is 5.56. The summed E-state index contributed by atoms with van der Waals surface area (Å²) in [6.07, 6.45) is -0.918. The smallest absolute Gasteiger partial charge is 0.413 e. The van der Waals surface area contributed by atoms with Gasteiger partial charge in [0.05, 0.1) is 6.61 Å². The maximum absolute atomic E-state index is 11.6. The lowest BCUT2D eigenvalue weighted by atomic mass is 10.2. The van der Waals surface area contributed by atoms with Crippen molar-refractivity contribution in [2.75, 3.05) is 13.2 Å². The van der Waals surface area contributed by atoms with Crippen LogP contribution in [-0.4, -0.2) is 36.3 Å². The van der Waals surface area contributed by atoms with E-state index in [4.69, 9.17) is 0 Å². The second-order valence-corrected chi connectivity index (χ2v) is 4.42. The second kappa shape index (κ2) is 7.49. The number of ether oxygens (including phenoxy) is 2. The number of aromatic hydroxyl groups is 1. The first kappa shape index (κ1) is 16.0. The number of imide groups is 1. The number of phenolic OH excluding ortho intramolecular Hbond substituents is 1. The van der Waals surface area contributed by atoms with E-state index in [1.54, 1.807) is 13.0 Å². The Kier molecular flexibility index (Phi) is 5.98. The fourth-order valence-corrected chi connectivity index (χ4v) is 1.56. The van der Waals surface area contributed by atoms with Gasteiger partial charge in [-0.1, -0.05) is 15.9 Å².